The summed E-state index contributed by atoms with van der Waals surface area (Å²) in [6, 6.07) is 5.33. The monoisotopic (exact) mass is 346 g/mol. The van der Waals surface area contributed by atoms with Crippen molar-refractivity contribution in [1.82, 2.24) is 15.2 Å². The molecular formula is C19H30N4O2. The van der Waals surface area contributed by atoms with Gasteiger partial charge in [0, 0.05) is 17.8 Å². The molecule has 0 aromatic carbocycles. The minimum absolute atomic E-state index is 0.00825. The number of aryl methyl sites for hydroxylation is 1. The summed E-state index contributed by atoms with van der Waals surface area (Å²) in [5.74, 6) is 0.446. The summed E-state index contributed by atoms with van der Waals surface area (Å²) in [5, 5.41) is 5.92. The van der Waals surface area contributed by atoms with Crippen LogP contribution in [0.5, 0.6) is 0 Å². The Bertz CT molecular complexity index is 624. The maximum Gasteiger partial charge on any atom is 0.237 e. The first-order chi connectivity index (χ1) is 11.7. The highest BCUT2D eigenvalue weighted by Crippen LogP contribution is 2.20. The third kappa shape index (κ3) is 5.81. The van der Waals surface area contributed by atoms with Crippen LogP contribution in [0.1, 0.15) is 46.2 Å². The number of aromatic nitrogens is 1. The Morgan fingerprint density at radius 2 is 2.04 bits per heavy atom. The van der Waals surface area contributed by atoms with Gasteiger partial charge in [0.25, 0.3) is 0 Å². The Balaban J connectivity index is 1.95. The summed E-state index contributed by atoms with van der Waals surface area (Å²) >= 11 is 0. The number of nitrogens with zero attached hydrogens (tertiary/aromatic N) is 2. The predicted octanol–water partition coefficient (Wildman–Crippen LogP) is 2.34. The molecule has 0 bridgehead atoms. The SMILES string of the molecule is Cc1cccc(NC(=O)C2CCCN(C(C)C(=O)NC(C)(C)C)C2)n1. The number of pyridine rings is 1. The van der Waals surface area contributed by atoms with Gasteiger partial charge in [-0.1, -0.05) is 6.07 Å². The molecular weight excluding hydrogens is 316 g/mol. The second-order valence-corrected chi connectivity index (χ2v) is 7.90. The summed E-state index contributed by atoms with van der Waals surface area (Å²) in [6.45, 7) is 11.1. The van der Waals surface area contributed by atoms with E-state index in [1.807, 2.05) is 46.8 Å². The minimum atomic E-state index is -0.255. The average Bonchev–Trinajstić information content (AvgIpc) is 2.52. The first-order valence-corrected chi connectivity index (χ1v) is 8.96. The molecule has 0 spiro atoms. The fourth-order valence-electron chi connectivity index (χ4n) is 3.05. The molecule has 1 aliphatic heterocycles. The van der Waals surface area contributed by atoms with Crippen LogP contribution in [0.2, 0.25) is 0 Å². The van der Waals surface area contributed by atoms with Gasteiger partial charge < -0.3 is 10.6 Å². The van der Waals surface area contributed by atoms with Crippen LogP contribution in [0.4, 0.5) is 5.82 Å². The van der Waals surface area contributed by atoms with E-state index in [0.717, 1.165) is 25.1 Å². The van der Waals surface area contributed by atoms with Gasteiger partial charge >= 0.3 is 0 Å². The van der Waals surface area contributed by atoms with Crippen LogP contribution in [-0.4, -0.2) is 46.4 Å². The lowest BCUT2D eigenvalue weighted by atomic mass is 9.95. The molecule has 1 fully saturated rings. The number of hydrogen-bond acceptors (Lipinski definition) is 4. The Kier molecular flexibility index (Phi) is 6.16. The summed E-state index contributed by atoms with van der Waals surface area (Å²) in [4.78, 5) is 31.4. The summed E-state index contributed by atoms with van der Waals surface area (Å²) in [7, 11) is 0. The van der Waals surface area contributed by atoms with Gasteiger partial charge in [0.05, 0.1) is 12.0 Å². The van der Waals surface area contributed by atoms with Gasteiger partial charge in [0.15, 0.2) is 0 Å². The quantitative estimate of drug-likeness (QED) is 0.877. The number of piperidine rings is 1. The maximum absolute atomic E-state index is 12.6. The predicted molar refractivity (Wildman–Crippen MR) is 99.3 cm³/mol. The number of rotatable bonds is 4. The van der Waals surface area contributed by atoms with Gasteiger partial charge in [0.1, 0.15) is 5.82 Å². The van der Waals surface area contributed by atoms with Crippen LogP contribution in [0, 0.1) is 12.8 Å². The number of nitrogens with one attached hydrogen (secondary N) is 2. The molecule has 6 heteroatoms. The standard InChI is InChI=1S/C19H30N4O2/c1-13-8-6-10-16(20-13)21-18(25)15-9-7-11-23(12-15)14(2)17(24)22-19(3,4)5/h6,8,10,14-15H,7,9,11-12H2,1-5H3,(H,22,24)(H,20,21,25). The zero-order valence-electron chi connectivity index (χ0n) is 15.9. The summed E-state index contributed by atoms with van der Waals surface area (Å²) < 4.78 is 0. The molecule has 0 aliphatic carbocycles. The zero-order valence-corrected chi connectivity index (χ0v) is 15.9. The average molecular weight is 346 g/mol. The zero-order chi connectivity index (χ0) is 18.6. The molecule has 1 aliphatic rings. The number of anilines is 1. The molecule has 25 heavy (non-hydrogen) atoms. The lowest BCUT2D eigenvalue weighted by Crippen LogP contribution is -2.54. The van der Waals surface area contributed by atoms with E-state index in [1.54, 1.807) is 6.07 Å². The fraction of sp³-hybridized carbons (Fsp3) is 0.632. The molecule has 0 radical (unpaired) electrons. The number of hydrogen-bond donors (Lipinski definition) is 2. The molecule has 2 unspecified atom stereocenters. The molecule has 1 aromatic heterocycles. The van der Waals surface area contributed by atoms with Crippen molar-refractivity contribution in [2.24, 2.45) is 5.92 Å². The fourth-order valence-corrected chi connectivity index (χ4v) is 3.05. The molecule has 2 N–H and O–H groups in total. The Hall–Kier alpha value is -1.95. The maximum atomic E-state index is 12.6. The summed E-state index contributed by atoms with van der Waals surface area (Å²) in [6.07, 6.45) is 1.74. The van der Waals surface area contributed by atoms with Gasteiger partial charge in [-0.15, -0.1) is 0 Å². The molecule has 138 valence electrons. The van der Waals surface area contributed by atoms with E-state index in [-0.39, 0.29) is 29.3 Å². The Labute approximate surface area is 150 Å². The van der Waals surface area contributed by atoms with Crippen molar-refractivity contribution >= 4 is 17.6 Å². The van der Waals surface area contributed by atoms with Gasteiger partial charge in [0.2, 0.25) is 11.8 Å². The minimum Gasteiger partial charge on any atom is -0.350 e. The van der Waals surface area contributed by atoms with E-state index in [4.69, 9.17) is 0 Å². The van der Waals surface area contributed by atoms with Crippen LogP contribution in [-0.2, 0) is 9.59 Å². The molecule has 6 nitrogen and oxygen atoms in total. The molecule has 2 heterocycles. The van der Waals surface area contributed by atoms with Crippen molar-refractivity contribution in [3.8, 4) is 0 Å². The van der Waals surface area contributed by atoms with Crippen LogP contribution in [0.15, 0.2) is 18.2 Å². The van der Waals surface area contributed by atoms with Crippen molar-refractivity contribution in [3.63, 3.8) is 0 Å². The number of carbonyl (C=O) groups is 2. The van der Waals surface area contributed by atoms with E-state index in [2.05, 4.69) is 20.5 Å². The van der Waals surface area contributed by atoms with E-state index in [9.17, 15) is 9.59 Å². The van der Waals surface area contributed by atoms with Crippen molar-refractivity contribution in [2.45, 2.75) is 59.0 Å². The lowest BCUT2D eigenvalue weighted by Gasteiger charge is -2.36. The second-order valence-electron chi connectivity index (χ2n) is 7.90. The third-order valence-electron chi connectivity index (χ3n) is 4.39. The Morgan fingerprint density at radius 1 is 1.32 bits per heavy atom. The van der Waals surface area contributed by atoms with Gasteiger partial charge in [-0.2, -0.15) is 0 Å². The van der Waals surface area contributed by atoms with Gasteiger partial charge in [-0.25, -0.2) is 4.98 Å². The van der Waals surface area contributed by atoms with Crippen molar-refractivity contribution < 1.29 is 9.59 Å². The lowest BCUT2D eigenvalue weighted by molar-refractivity contribution is -0.130. The summed E-state index contributed by atoms with van der Waals surface area (Å²) in [5.41, 5.74) is 0.616. The Morgan fingerprint density at radius 3 is 2.68 bits per heavy atom. The highest BCUT2D eigenvalue weighted by molar-refractivity contribution is 5.92. The second kappa shape index (κ2) is 7.95. The normalized spacial score (nSPS) is 20.0. The number of likely N-dealkylation sites (tertiary alicyclic amines) is 1. The van der Waals surface area contributed by atoms with Crippen LogP contribution in [0.25, 0.3) is 0 Å². The third-order valence-corrected chi connectivity index (χ3v) is 4.39. The largest absolute Gasteiger partial charge is 0.350 e. The van der Waals surface area contributed by atoms with Crippen molar-refractivity contribution in [3.05, 3.63) is 23.9 Å². The molecule has 1 aromatic rings. The van der Waals surface area contributed by atoms with E-state index >= 15 is 0 Å². The van der Waals surface area contributed by atoms with E-state index in [1.165, 1.54) is 0 Å². The smallest absolute Gasteiger partial charge is 0.237 e. The van der Waals surface area contributed by atoms with Crippen molar-refractivity contribution in [2.75, 3.05) is 18.4 Å². The molecule has 2 atom stereocenters. The van der Waals surface area contributed by atoms with E-state index < -0.39 is 0 Å². The first kappa shape index (κ1) is 19.4. The van der Waals surface area contributed by atoms with E-state index in [0.29, 0.717) is 12.4 Å². The molecule has 2 amide bonds. The van der Waals surface area contributed by atoms with Gasteiger partial charge in [-0.05, 0) is 66.1 Å². The number of carbonyl (C=O) groups excluding carboxylic acids is 2. The van der Waals surface area contributed by atoms with Gasteiger partial charge in [-0.3, -0.25) is 14.5 Å². The van der Waals surface area contributed by atoms with Crippen LogP contribution in [0.3, 0.4) is 0 Å². The van der Waals surface area contributed by atoms with Crippen LogP contribution < -0.4 is 10.6 Å². The van der Waals surface area contributed by atoms with Crippen molar-refractivity contribution in [1.29, 1.82) is 0 Å². The topological polar surface area (TPSA) is 74.3 Å². The van der Waals surface area contributed by atoms with Crippen LogP contribution >= 0.6 is 0 Å². The highest BCUT2D eigenvalue weighted by atomic mass is 16.2. The number of amides is 2. The first-order valence-electron chi connectivity index (χ1n) is 8.96. The highest BCUT2D eigenvalue weighted by Gasteiger charge is 2.32. The molecule has 0 saturated carbocycles. The molecule has 1 saturated heterocycles. The molecule has 2 rings (SSSR count).